The van der Waals surface area contributed by atoms with Crippen molar-refractivity contribution in [2.75, 3.05) is 39.9 Å². The van der Waals surface area contributed by atoms with E-state index in [1.54, 1.807) is 16.7 Å². The first-order chi connectivity index (χ1) is 14.5. The molecule has 2 aromatic rings. The third-order valence-electron chi connectivity index (χ3n) is 6.27. The smallest absolute Gasteiger partial charge is 0.280 e. The highest BCUT2D eigenvalue weighted by Gasteiger charge is 2.51. The number of aromatic nitrogens is 2. The summed E-state index contributed by atoms with van der Waals surface area (Å²) in [4.78, 5) is 16.5. The van der Waals surface area contributed by atoms with Gasteiger partial charge in [0.1, 0.15) is 5.75 Å². The van der Waals surface area contributed by atoms with Crippen LogP contribution in [0.2, 0.25) is 0 Å². The Morgan fingerprint density at radius 1 is 1.23 bits per heavy atom. The lowest BCUT2D eigenvalue weighted by atomic mass is 10.00. The molecule has 1 amide bonds. The van der Waals surface area contributed by atoms with Gasteiger partial charge >= 0.3 is 0 Å². The number of amides is 1. The highest BCUT2D eigenvalue weighted by molar-refractivity contribution is 5.94. The minimum atomic E-state index is -2.92. The Bertz CT molecular complexity index is 960. The van der Waals surface area contributed by atoms with Crippen molar-refractivity contribution in [3.8, 4) is 11.4 Å². The molecule has 0 N–H and O–H groups in total. The van der Waals surface area contributed by atoms with Gasteiger partial charge in [0.05, 0.1) is 44.3 Å². The maximum absolute atomic E-state index is 14.7. The van der Waals surface area contributed by atoms with Gasteiger partial charge in [-0.15, -0.1) is 0 Å². The lowest BCUT2D eigenvalue weighted by molar-refractivity contribution is -0.0977. The second kappa shape index (κ2) is 7.31. The SMILES string of the molecule is COc1ccc(-n2nc(C(=O)N3CCN4CCC3C(F)(F)C4)c3c2CCOC3)cc1. The predicted molar refractivity (Wildman–Crippen MR) is 104 cm³/mol. The van der Waals surface area contributed by atoms with Crippen LogP contribution < -0.4 is 4.74 Å². The number of halogens is 2. The highest BCUT2D eigenvalue weighted by atomic mass is 19.3. The molecular formula is C21H24F2N4O3. The van der Waals surface area contributed by atoms with Gasteiger partial charge < -0.3 is 14.4 Å². The van der Waals surface area contributed by atoms with Crippen LogP contribution in [0.15, 0.2) is 24.3 Å². The van der Waals surface area contributed by atoms with E-state index >= 15 is 0 Å². The summed E-state index contributed by atoms with van der Waals surface area (Å²) in [6.07, 6.45) is 0.881. The fourth-order valence-corrected chi connectivity index (χ4v) is 4.70. The summed E-state index contributed by atoms with van der Waals surface area (Å²) in [5.41, 5.74) is 2.60. The number of nitrogens with zero attached hydrogens (tertiary/aromatic N) is 4. The highest BCUT2D eigenvalue weighted by Crippen LogP contribution is 2.35. The second-order valence-corrected chi connectivity index (χ2v) is 8.03. The van der Waals surface area contributed by atoms with E-state index in [9.17, 15) is 13.6 Å². The van der Waals surface area contributed by atoms with Crippen molar-refractivity contribution in [2.24, 2.45) is 0 Å². The van der Waals surface area contributed by atoms with Gasteiger partial charge in [-0.25, -0.2) is 13.5 Å². The third-order valence-corrected chi connectivity index (χ3v) is 6.27. The molecule has 30 heavy (non-hydrogen) atoms. The lowest BCUT2D eigenvalue weighted by Gasteiger charge is -2.37. The van der Waals surface area contributed by atoms with Crippen LogP contribution >= 0.6 is 0 Å². The summed E-state index contributed by atoms with van der Waals surface area (Å²) in [6.45, 7) is 1.82. The fourth-order valence-electron chi connectivity index (χ4n) is 4.70. The fraction of sp³-hybridized carbons (Fsp3) is 0.524. The maximum Gasteiger partial charge on any atom is 0.280 e. The molecule has 2 bridgehead atoms. The van der Waals surface area contributed by atoms with E-state index in [1.165, 1.54) is 4.90 Å². The number of fused-ring (bicyclic) bond motifs is 5. The Morgan fingerprint density at radius 2 is 2.03 bits per heavy atom. The van der Waals surface area contributed by atoms with E-state index in [0.29, 0.717) is 31.7 Å². The minimum Gasteiger partial charge on any atom is -0.497 e. The van der Waals surface area contributed by atoms with Crippen molar-refractivity contribution in [1.82, 2.24) is 19.6 Å². The molecule has 7 nitrogen and oxygen atoms in total. The molecule has 160 valence electrons. The van der Waals surface area contributed by atoms with Gasteiger partial charge in [0.25, 0.3) is 11.8 Å². The molecule has 1 aromatic heterocycles. The second-order valence-electron chi connectivity index (χ2n) is 8.03. The van der Waals surface area contributed by atoms with E-state index in [0.717, 1.165) is 17.1 Å². The van der Waals surface area contributed by atoms with Crippen LogP contribution in [0.5, 0.6) is 5.75 Å². The van der Waals surface area contributed by atoms with Crippen LogP contribution in [0.3, 0.4) is 0 Å². The zero-order valence-electron chi connectivity index (χ0n) is 16.8. The Kier molecular flexibility index (Phi) is 4.74. The number of rotatable bonds is 3. The van der Waals surface area contributed by atoms with Gasteiger partial charge in [0, 0.05) is 31.6 Å². The van der Waals surface area contributed by atoms with Crippen molar-refractivity contribution in [1.29, 1.82) is 0 Å². The first kappa shape index (κ1) is 19.4. The molecule has 3 saturated heterocycles. The standard InChI is InChI=1S/C21H24F2N4O3/c1-29-15-4-2-14(3-5-15)27-17-7-11-30-12-16(17)19(24-27)20(28)26-10-9-25-8-6-18(26)21(22,23)13-25/h2-5,18H,6-13H2,1H3. The Labute approximate surface area is 173 Å². The molecule has 0 spiro atoms. The quantitative estimate of drug-likeness (QED) is 0.764. The number of carbonyl (C=O) groups excluding carboxylic acids is 1. The third kappa shape index (κ3) is 3.16. The molecular weight excluding hydrogens is 394 g/mol. The zero-order chi connectivity index (χ0) is 20.9. The number of hydrogen-bond donors (Lipinski definition) is 0. The van der Waals surface area contributed by atoms with E-state index in [2.05, 4.69) is 5.10 Å². The minimum absolute atomic E-state index is 0.219. The van der Waals surface area contributed by atoms with E-state index < -0.39 is 17.9 Å². The molecule has 0 saturated carbocycles. The maximum atomic E-state index is 14.7. The molecule has 4 aliphatic rings. The average molecular weight is 418 g/mol. The molecule has 0 aliphatic carbocycles. The summed E-state index contributed by atoms with van der Waals surface area (Å²) in [5.74, 6) is -2.63. The summed E-state index contributed by atoms with van der Waals surface area (Å²) in [6, 6.07) is 6.30. The van der Waals surface area contributed by atoms with Crippen molar-refractivity contribution in [2.45, 2.75) is 31.4 Å². The number of piperidine rings is 1. The van der Waals surface area contributed by atoms with Gasteiger partial charge in [0.2, 0.25) is 0 Å². The van der Waals surface area contributed by atoms with E-state index in [4.69, 9.17) is 9.47 Å². The monoisotopic (exact) mass is 418 g/mol. The summed E-state index contributed by atoms with van der Waals surface area (Å²) < 4.78 is 41.9. The Morgan fingerprint density at radius 3 is 2.77 bits per heavy atom. The first-order valence-corrected chi connectivity index (χ1v) is 10.2. The number of methoxy groups -OCH3 is 1. The van der Waals surface area contributed by atoms with Crippen LogP contribution in [-0.4, -0.2) is 77.3 Å². The molecule has 5 heterocycles. The summed E-state index contributed by atoms with van der Waals surface area (Å²) in [7, 11) is 1.60. The number of hydrogen-bond acceptors (Lipinski definition) is 5. The Balaban J connectivity index is 1.54. The van der Waals surface area contributed by atoms with E-state index in [-0.39, 0.29) is 31.8 Å². The Hall–Kier alpha value is -2.52. The first-order valence-electron chi connectivity index (χ1n) is 10.2. The molecule has 3 fully saturated rings. The molecule has 2 atom stereocenters. The van der Waals surface area contributed by atoms with Crippen molar-refractivity contribution in [3.05, 3.63) is 41.2 Å². The number of alkyl halides is 2. The van der Waals surface area contributed by atoms with Crippen LogP contribution in [0.1, 0.15) is 28.2 Å². The largest absolute Gasteiger partial charge is 0.497 e. The van der Waals surface area contributed by atoms with Gasteiger partial charge in [-0.05, 0) is 30.7 Å². The normalized spacial score (nSPS) is 25.0. The lowest BCUT2D eigenvalue weighted by Crippen LogP contribution is -2.55. The van der Waals surface area contributed by atoms with Gasteiger partial charge in [0.15, 0.2) is 5.69 Å². The van der Waals surface area contributed by atoms with Crippen molar-refractivity contribution < 1.29 is 23.0 Å². The number of ether oxygens (including phenoxy) is 2. The molecule has 4 aliphatic heterocycles. The van der Waals surface area contributed by atoms with Crippen LogP contribution in [-0.2, 0) is 17.8 Å². The average Bonchev–Trinajstić information content (AvgIpc) is 2.93. The topological polar surface area (TPSA) is 59.8 Å². The summed E-state index contributed by atoms with van der Waals surface area (Å²) in [5, 5.41) is 4.60. The van der Waals surface area contributed by atoms with E-state index in [1.807, 2.05) is 24.3 Å². The molecule has 2 unspecified atom stereocenters. The molecule has 9 heteroatoms. The molecule has 0 radical (unpaired) electrons. The zero-order valence-corrected chi connectivity index (χ0v) is 16.8. The summed E-state index contributed by atoms with van der Waals surface area (Å²) >= 11 is 0. The molecule has 6 rings (SSSR count). The number of benzene rings is 1. The number of carbonyl (C=O) groups is 1. The molecule has 1 aromatic carbocycles. The van der Waals surface area contributed by atoms with Crippen molar-refractivity contribution in [3.63, 3.8) is 0 Å². The van der Waals surface area contributed by atoms with Crippen LogP contribution in [0.25, 0.3) is 5.69 Å². The van der Waals surface area contributed by atoms with Crippen LogP contribution in [0.4, 0.5) is 8.78 Å². The predicted octanol–water partition coefficient (Wildman–Crippen LogP) is 2.12. The van der Waals surface area contributed by atoms with Gasteiger partial charge in [-0.2, -0.15) is 5.10 Å². The van der Waals surface area contributed by atoms with Crippen LogP contribution in [0, 0.1) is 0 Å². The van der Waals surface area contributed by atoms with Gasteiger partial charge in [-0.3, -0.25) is 9.69 Å². The van der Waals surface area contributed by atoms with Crippen molar-refractivity contribution >= 4 is 5.91 Å². The van der Waals surface area contributed by atoms with Gasteiger partial charge in [-0.1, -0.05) is 0 Å².